The summed E-state index contributed by atoms with van der Waals surface area (Å²) in [5, 5.41) is 18.1. The van der Waals surface area contributed by atoms with Gasteiger partial charge in [0, 0.05) is 5.46 Å². The molecule has 1 amide bonds. The topological polar surface area (TPSA) is 112 Å². The van der Waals surface area contributed by atoms with Crippen LogP contribution in [0.25, 0.3) is 11.0 Å². The number of nitrogens with two attached hydrogens (primary N) is 1. The molecule has 0 spiro atoms. The van der Waals surface area contributed by atoms with Crippen LogP contribution in [-0.2, 0) is 0 Å². The van der Waals surface area contributed by atoms with Crippen LogP contribution in [0.5, 0.6) is 0 Å². The zero-order valence-electron chi connectivity index (χ0n) is 7.64. The van der Waals surface area contributed by atoms with E-state index in [1.807, 2.05) is 0 Å². The zero-order chi connectivity index (χ0) is 11.0. The van der Waals surface area contributed by atoms with E-state index in [1.54, 1.807) is 12.1 Å². The van der Waals surface area contributed by atoms with Gasteiger partial charge >= 0.3 is 7.12 Å². The average Bonchev–Trinajstić information content (AvgIpc) is 2.60. The Labute approximate surface area is 84.9 Å². The normalized spacial score (nSPS) is 10.5. The second-order valence-corrected chi connectivity index (χ2v) is 3.07. The molecule has 1 heterocycles. The lowest BCUT2D eigenvalue weighted by Crippen LogP contribution is -2.30. The van der Waals surface area contributed by atoms with Crippen molar-refractivity contribution >= 4 is 29.5 Å². The molecule has 5 N–H and O–H groups in total. The van der Waals surface area contributed by atoms with Crippen molar-refractivity contribution < 1.29 is 14.8 Å². The lowest BCUT2D eigenvalue weighted by Gasteiger charge is -1.98. The molecule has 1 aromatic carbocycles. The van der Waals surface area contributed by atoms with Gasteiger partial charge in [-0.25, -0.2) is 4.98 Å². The summed E-state index contributed by atoms with van der Waals surface area (Å²) in [6.45, 7) is 0. The Bertz CT molecular complexity index is 523. The van der Waals surface area contributed by atoms with Crippen molar-refractivity contribution in [3.63, 3.8) is 0 Å². The molecule has 6 nitrogen and oxygen atoms in total. The van der Waals surface area contributed by atoms with Gasteiger partial charge in [-0.1, -0.05) is 12.1 Å². The van der Waals surface area contributed by atoms with Crippen molar-refractivity contribution in [3.05, 3.63) is 24.0 Å². The van der Waals surface area contributed by atoms with Crippen LogP contribution >= 0.6 is 0 Å². The van der Waals surface area contributed by atoms with E-state index in [1.165, 1.54) is 6.07 Å². The van der Waals surface area contributed by atoms with Crippen molar-refractivity contribution in [3.8, 4) is 0 Å². The van der Waals surface area contributed by atoms with Crippen LogP contribution < -0.4 is 11.2 Å². The fraction of sp³-hybridized carbons (Fsp3) is 0. The number of hydrogen-bond acceptors (Lipinski definition) is 4. The summed E-state index contributed by atoms with van der Waals surface area (Å²) in [5.41, 5.74) is 6.15. The first-order valence-electron chi connectivity index (χ1n) is 4.24. The molecule has 0 saturated heterocycles. The van der Waals surface area contributed by atoms with Crippen LogP contribution in [0, 0.1) is 0 Å². The third kappa shape index (κ3) is 1.58. The third-order valence-corrected chi connectivity index (χ3v) is 2.06. The molecule has 2 rings (SSSR count). The molecular formula is C8H8BN3O3. The van der Waals surface area contributed by atoms with Gasteiger partial charge in [-0.15, -0.1) is 0 Å². The van der Waals surface area contributed by atoms with Crippen LogP contribution in [0.1, 0.15) is 10.6 Å². The predicted molar refractivity (Wildman–Crippen MR) is 54.4 cm³/mol. The number of amides is 1. The zero-order valence-corrected chi connectivity index (χ0v) is 7.64. The van der Waals surface area contributed by atoms with E-state index in [-0.39, 0.29) is 11.3 Å². The summed E-state index contributed by atoms with van der Waals surface area (Å²) in [7, 11) is -1.63. The Morgan fingerprint density at radius 2 is 2.20 bits per heavy atom. The summed E-state index contributed by atoms with van der Waals surface area (Å²) < 4.78 is 0. The number of para-hydroxylation sites is 1. The Morgan fingerprint density at radius 3 is 2.80 bits per heavy atom. The largest absolute Gasteiger partial charge is 0.490 e. The maximum atomic E-state index is 10.9. The molecule has 0 aliphatic heterocycles. The Morgan fingerprint density at radius 1 is 1.47 bits per heavy atom. The maximum Gasteiger partial charge on any atom is 0.490 e. The fourth-order valence-corrected chi connectivity index (χ4v) is 1.38. The van der Waals surface area contributed by atoms with E-state index >= 15 is 0 Å². The molecule has 2 aromatic rings. The van der Waals surface area contributed by atoms with E-state index in [2.05, 4.69) is 9.97 Å². The summed E-state index contributed by atoms with van der Waals surface area (Å²) in [6, 6.07) is 4.80. The minimum absolute atomic E-state index is 0.00176. The minimum Gasteiger partial charge on any atom is -0.423 e. The van der Waals surface area contributed by atoms with Gasteiger partial charge in [0.2, 0.25) is 0 Å². The standard InChI is InChI=1S/C8H8BN3O3/c10-7(13)8-11-5-3-1-2-4(9(14)15)6(5)12-8/h1-3,14-15H,(H2,10,13)(H,11,12). The first-order chi connectivity index (χ1) is 7.09. The number of carbonyl (C=O) groups is 1. The minimum atomic E-state index is -1.63. The van der Waals surface area contributed by atoms with Gasteiger partial charge in [-0.2, -0.15) is 0 Å². The van der Waals surface area contributed by atoms with Gasteiger partial charge in [0.1, 0.15) is 0 Å². The predicted octanol–water partition coefficient (Wildman–Crippen LogP) is -1.66. The highest BCUT2D eigenvalue weighted by molar-refractivity contribution is 6.61. The highest BCUT2D eigenvalue weighted by Crippen LogP contribution is 2.08. The molecule has 15 heavy (non-hydrogen) atoms. The summed E-state index contributed by atoms with van der Waals surface area (Å²) in [4.78, 5) is 17.4. The van der Waals surface area contributed by atoms with Gasteiger partial charge in [-0.05, 0) is 6.07 Å². The number of rotatable bonds is 2. The second kappa shape index (κ2) is 3.37. The fourth-order valence-electron chi connectivity index (χ4n) is 1.38. The summed E-state index contributed by atoms with van der Waals surface area (Å²) in [5.74, 6) is -0.692. The van der Waals surface area contributed by atoms with Crippen LogP contribution in [0.4, 0.5) is 0 Å². The van der Waals surface area contributed by atoms with Crippen molar-refractivity contribution in [2.75, 3.05) is 0 Å². The van der Waals surface area contributed by atoms with Crippen LogP contribution in [0.2, 0.25) is 0 Å². The van der Waals surface area contributed by atoms with Gasteiger partial charge in [0.25, 0.3) is 5.91 Å². The number of carbonyl (C=O) groups excluding carboxylic acids is 1. The van der Waals surface area contributed by atoms with Gasteiger partial charge < -0.3 is 20.8 Å². The molecule has 0 aliphatic carbocycles. The molecule has 0 bridgehead atoms. The van der Waals surface area contributed by atoms with E-state index in [4.69, 9.17) is 15.8 Å². The molecule has 0 atom stereocenters. The number of H-pyrrole nitrogens is 1. The van der Waals surface area contributed by atoms with E-state index in [9.17, 15) is 4.79 Å². The molecule has 0 aliphatic rings. The second-order valence-electron chi connectivity index (χ2n) is 3.07. The van der Waals surface area contributed by atoms with Gasteiger partial charge in [-0.3, -0.25) is 4.79 Å². The molecular weight excluding hydrogens is 197 g/mol. The lowest BCUT2D eigenvalue weighted by molar-refractivity contribution is 0.0991. The quantitative estimate of drug-likeness (QED) is 0.439. The number of hydrogen-bond donors (Lipinski definition) is 4. The number of aromatic nitrogens is 2. The lowest BCUT2D eigenvalue weighted by atomic mass is 9.79. The van der Waals surface area contributed by atoms with Crippen molar-refractivity contribution in [2.24, 2.45) is 5.73 Å². The SMILES string of the molecule is NC(=O)c1nc2c(B(O)O)cccc2[nH]1. The van der Waals surface area contributed by atoms with Crippen molar-refractivity contribution in [1.29, 1.82) is 0 Å². The molecule has 0 radical (unpaired) electrons. The van der Waals surface area contributed by atoms with Gasteiger partial charge in [0.15, 0.2) is 5.82 Å². The maximum absolute atomic E-state index is 10.9. The number of nitrogens with zero attached hydrogens (tertiary/aromatic N) is 1. The summed E-state index contributed by atoms with van der Waals surface area (Å²) in [6.07, 6.45) is 0. The van der Waals surface area contributed by atoms with E-state index < -0.39 is 13.0 Å². The monoisotopic (exact) mass is 205 g/mol. The number of benzene rings is 1. The van der Waals surface area contributed by atoms with Crippen molar-refractivity contribution in [1.82, 2.24) is 9.97 Å². The van der Waals surface area contributed by atoms with E-state index in [0.29, 0.717) is 11.0 Å². The molecule has 0 fully saturated rings. The first kappa shape index (κ1) is 9.69. The average molecular weight is 205 g/mol. The Balaban J connectivity index is 2.69. The smallest absolute Gasteiger partial charge is 0.423 e. The highest BCUT2D eigenvalue weighted by Gasteiger charge is 2.18. The highest BCUT2D eigenvalue weighted by atomic mass is 16.4. The molecule has 0 saturated carbocycles. The number of primary amides is 1. The number of imidazole rings is 1. The molecule has 1 aromatic heterocycles. The third-order valence-electron chi connectivity index (χ3n) is 2.06. The number of nitrogens with one attached hydrogen (secondary N) is 1. The first-order valence-corrected chi connectivity index (χ1v) is 4.24. The number of aromatic amines is 1. The van der Waals surface area contributed by atoms with Crippen LogP contribution in [0.3, 0.4) is 0 Å². The van der Waals surface area contributed by atoms with Crippen molar-refractivity contribution in [2.45, 2.75) is 0 Å². The number of fused-ring (bicyclic) bond motifs is 1. The van der Waals surface area contributed by atoms with Gasteiger partial charge in [0.05, 0.1) is 11.0 Å². The van der Waals surface area contributed by atoms with E-state index in [0.717, 1.165) is 0 Å². The van der Waals surface area contributed by atoms with Crippen LogP contribution in [0.15, 0.2) is 18.2 Å². The summed E-state index contributed by atoms with van der Waals surface area (Å²) >= 11 is 0. The Hall–Kier alpha value is -1.86. The molecule has 76 valence electrons. The molecule has 7 heteroatoms. The Kier molecular flexibility index (Phi) is 2.18. The molecule has 0 unspecified atom stereocenters. The van der Waals surface area contributed by atoms with Crippen LogP contribution in [-0.4, -0.2) is 33.0 Å².